The Morgan fingerprint density at radius 2 is 1.91 bits per heavy atom. The van der Waals surface area contributed by atoms with Crippen LogP contribution in [0.5, 0.6) is 11.5 Å². The minimum absolute atomic E-state index is 0.283. The molecule has 0 aromatic heterocycles. The zero-order valence-corrected chi connectivity index (χ0v) is 12.2. The molecule has 0 aliphatic heterocycles. The van der Waals surface area contributed by atoms with Crippen molar-refractivity contribution in [1.82, 2.24) is 5.32 Å². The molecule has 1 aromatic carbocycles. The highest BCUT2D eigenvalue weighted by molar-refractivity contribution is 5.94. The van der Waals surface area contributed by atoms with Crippen LogP contribution in [-0.4, -0.2) is 43.9 Å². The summed E-state index contributed by atoms with van der Waals surface area (Å²) in [6.45, 7) is -0.798. The number of hydrogen-bond donors (Lipinski definition) is 2. The van der Waals surface area contributed by atoms with Crippen molar-refractivity contribution in [3.63, 3.8) is 0 Å². The van der Waals surface area contributed by atoms with Crippen molar-refractivity contribution in [2.75, 3.05) is 20.8 Å². The molecule has 0 heterocycles. The number of alkyl halides is 3. The summed E-state index contributed by atoms with van der Waals surface area (Å²) in [5, 5.41) is 10.6. The van der Waals surface area contributed by atoms with E-state index in [-0.39, 0.29) is 5.56 Å². The highest BCUT2D eigenvalue weighted by Gasteiger charge is 2.38. The number of ether oxygens (including phenoxy) is 2. The monoisotopic (exact) mass is 333 g/mol. The predicted octanol–water partition coefficient (Wildman–Crippen LogP) is 1.85. The molecule has 23 heavy (non-hydrogen) atoms. The Balaban J connectivity index is 3.08. The smallest absolute Gasteiger partial charge is 0.471 e. The predicted molar refractivity (Wildman–Crippen MR) is 74.2 cm³/mol. The van der Waals surface area contributed by atoms with Gasteiger partial charge in [-0.05, 0) is 24.3 Å². The van der Waals surface area contributed by atoms with E-state index in [1.807, 2.05) is 0 Å². The maximum absolute atomic E-state index is 12.1. The van der Waals surface area contributed by atoms with E-state index in [1.54, 1.807) is 6.07 Å². The summed E-state index contributed by atoms with van der Waals surface area (Å²) in [6, 6.07) is 4.54. The molecule has 0 atom stereocenters. The maximum atomic E-state index is 12.1. The molecule has 126 valence electrons. The number of amides is 1. The Hall–Kier alpha value is -2.71. The third-order valence-corrected chi connectivity index (χ3v) is 2.74. The minimum Gasteiger partial charge on any atom is -0.497 e. The first-order chi connectivity index (χ1) is 10.7. The summed E-state index contributed by atoms with van der Waals surface area (Å²) >= 11 is 0. The molecule has 0 spiro atoms. The van der Waals surface area contributed by atoms with Gasteiger partial charge in [-0.1, -0.05) is 0 Å². The molecule has 0 fully saturated rings. The second-order valence-electron chi connectivity index (χ2n) is 4.26. The Morgan fingerprint density at radius 3 is 2.39 bits per heavy atom. The average Bonchev–Trinajstić information content (AvgIpc) is 2.49. The minimum atomic E-state index is -5.09. The van der Waals surface area contributed by atoms with Gasteiger partial charge in [-0.25, -0.2) is 4.79 Å². The Labute approximate surface area is 129 Å². The highest BCUT2D eigenvalue weighted by atomic mass is 19.4. The van der Waals surface area contributed by atoms with Crippen molar-refractivity contribution < 1.29 is 37.3 Å². The lowest BCUT2D eigenvalue weighted by atomic mass is 10.1. The Kier molecular flexibility index (Phi) is 6.00. The molecule has 2 N–H and O–H groups in total. The highest BCUT2D eigenvalue weighted by Crippen LogP contribution is 2.26. The molecule has 1 rings (SSSR count). The van der Waals surface area contributed by atoms with E-state index < -0.39 is 30.2 Å². The van der Waals surface area contributed by atoms with Crippen LogP contribution in [-0.2, 0) is 9.59 Å². The summed E-state index contributed by atoms with van der Waals surface area (Å²) in [6.07, 6.45) is -3.99. The van der Waals surface area contributed by atoms with Crippen LogP contribution in [0.3, 0.4) is 0 Å². The molecule has 0 saturated heterocycles. The molecular formula is C14H14F3NO5. The number of nitrogens with one attached hydrogen (secondary N) is 1. The summed E-state index contributed by atoms with van der Waals surface area (Å²) in [7, 11) is 2.75. The van der Waals surface area contributed by atoms with E-state index in [9.17, 15) is 22.8 Å². The van der Waals surface area contributed by atoms with Crippen molar-refractivity contribution >= 4 is 18.0 Å². The molecule has 1 amide bonds. The van der Waals surface area contributed by atoms with E-state index >= 15 is 0 Å². The third-order valence-electron chi connectivity index (χ3n) is 2.74. The largest absolute Gasteiger partial charge is 0.497 e. The van der Waals surface area contributed by atoms with Crippen LogP contribution < -0.4 is 14.8 Å². The maximum Gasteiger partial charge on any atom is 0.471 e. The van der Waals surface area contributed by atoms with Crippen LogP contribution in [0.4, 0.5) is 13.2 Å². The van der Waals surface area contributed by atoms with Gasteiger partial charge in [0, 0.05) is 5.56 Å². The van der Waals surface area contributed by atoms with Crippen LogP contribution in [0.25, 0.3) is 6.08 Å². The van der Waals surface area contributed by atoms with Crippen molar-refractivity contribution in [1.29, 1.82) is 0 Å². The van der Waals surface area contributed by atoms with Gasteiger partial charge in [-0.15, -0.1) is 0 Å². The lowest BCUT2D eigenvalue weighted by Crippen LogP contribution is -2.38. The quantitative estimate of drug-likeness (QED) is 0.776. The second-order valence-corrected chi connectivity index (χ2v) is 4.26. The number of carboxylic acid groups (broad SMARTS) is 1. The normalized spacial score (nSPS) is 11.8. The molecule has 0 radical (unpaired) electrons. The molecule has 1 aromatic rings. The number of rotatable bonds is 6. The van der Waals surface area contributed by atoms with Crippen molar-refractivity contribution in [2.45, 2.75) is 6.18 Å². The van der Waals surface area contributed by atoms with Crippen molar-refractivity contribution in [3.05, 3.63) is 29.3 Å². The van der Waals surface area contributed by atoms with E-state index in [0.29, 0.717) is 11.5 Å². The fraction of sp³-hybridized carbons (Fsp3) is 0.286. The molecule has 0 aliphatic carbocycles. The van der Waals surface area contributed by atoms with Crippen LogP contribution in [0.1, 0.15) is 5.56 Å². The molecule has 0 bridgehead atoms. The third kappa shape index (κ3) is 5.20. The second kappa shape index (κ2) is 7.52. The molecule has 9 heteroatoms. The molecule has 0 unspecified atom stereocenters. The molecular weight excluding hydrogens is 319 g/mol. The lowest BCUT2D eigenvalue weighted by Gasteiger charge is -2.10. The Morgan fingerprint density at radius 1 is 1.26 bits per heavy atom. The van der Waals surface area contributed by atoms with Gasteiger partial charge in [0.05, 0.1) is 26.3 Å². The number of carbonyl (C=O) groups is 2. The molecule has 6 nitrogen and oxygen atoms in total. The van der Waals surface area contributed by atoms with Crippen LogP contribution >= 0.6 is 0 Å². The van der Waals surface area contributed by atoms with E-state index in [0.717, 1.165) is 6.08 Å². The first-order valence-electron chi connectivity index (χ1n) is 6.20. The van der Waals surface area contributed by atoms with Gasteiger partial charge in [0.15, 0.2) is 0 Å². The van der Waals surface area contributed by atoms with Gasteiger partial charge in [0.2, 0.25) is 0 Å². The van der Waals surface area contributed by atoms with Gasteiger partial charge in [-0.3, -0.25) is 4.79 Å². The molecule has 0 aliphatic rings. The number of benzene rings is 1. The fourth-order valence-corrected chi connectivity index (χ4v) is 1.60. The number of carbonyl (C=O) groups excluding carboxylic acids is 1. The van der Waals surface area contributed by atoms with E-state index in [4.69, 9.17) is 14.6 Å². The summed E-state index contributed by atoms with van der Waals surface area (Å²) in [5.74, 6) is -2.99. The standard InChI is InChI=1S/C14H14F3NO5/c1-22-10-3-4-11(23-2)8(6-10)5-9(12(19)20)7-18-13(21)14(15,16)17/h3-6H,7H2,1-2H3,(H,18,21)(H,19,20)/b9-5+. The SMILES string of the molecule is COc1ccc(OC)c(/C=C(\CNC(=O)C(F)(F)F)C(=O)O)c1. The Bertz CT molecular complexity index is 625. The zero-order chi connectivity index (χ0) is 17.6. The number of methoxy groups -OCH3 is 2. The van der Waals surface area contributed by atoms with Gasteiger partial charge in [0.1, 0.15) is 11.5 Å². The van der Waals surface area contributed by atoms with Gasteiger partial charge in [-0.2, -0.15) is 13.2 Å². The first kappa shape index (κ1) is 18.3. The first-order valence-corrected chi connectivity index (χ1v) is 6.20. The summed E-state index contributed by atoms with van der Waals surface area (Å²) in [5.41, 5.74) is -0.167. The molecule has 0 saturated carbocycles. The van der Waals surface area contributed by atoms with Crippen molar-refractivity contribution in [3.8, 4) is 11.5 Å². The topological polar surface area (TPSA) is 84.9 Å². The van der Waals surface area contributed by atoms with Gasteiger partial charge in [0.25, 0.3) is 0 Å². The lowest BCUT2D eigenvalue weighted by molar-refractivity contribution is -0.173. The summed E-state index contributed by atoms with van der Waals surface area (Å²) in [4.78, 5) is 21.9. The van der Waals surface area contributed by atoms with Gasteiger partial charge >= 0.3 is 18.1 Å². The van der Waals surface area contributed by atoms with Crippen LogP contribution in [0, 0.1) is 0 Å². The van der Waals surface area contributed by atoms with E-state index in [1.165, 1.54) is 31.7 Å². The number of hydrogen-bond acceptors (Lipinski definition) is 4. The fourth-order valence-electron chi connectivity index (χ4n) is 1.60. The number of halogens is 3. The van der Waals surface area contributed by atoms with Crippen molar-refractivity contribution in [2.24, 2.45) is 0 Å². The summed E-state index contributed by atoms with van der Waals surface area (Å²) < 4.78 is 46.4. The van der Waals surface area contributed by atoms with Crippen LogP contribution in [0.2, 0.25) is 0 Å². The number of carboxylic acids is 1. The zero-order valence-electron chi connectivity index (χ0n) is 12.2. The van der Waals surface area contributed by atoms with Gasteiger partial charge < -0.3 is 19.9 Å². The number of aliphatic carboxylic acids is 1. The average molecular weight is 333 g/mol. The van der Waals surface area contributed by atoms with E-state index in [2.05, 4.69) is 0 Å². The van der Waals surface area contributed by atoms with Crippen LogP contribution in [0.15, 0.2) is 23.8 Å².